The normalized spacial score (nSPS) is 27.1. The van der Waals surface area contributed by atoms with E-state index in [1.165, 1.54) is 17.9 Å². The summed E-state index contributed by atoms with van der Waals surface area (Å²) in [5.41, 5.74) is 1.42. The van der Waals surface area contributed by atoms with Gasteiger partial charge in [-0.3, -0.25) is 4.90 Å². The maximum absolute atomic E-state index is 4.55. The number of thioether (sulfide) groups is 1. The van der Waals surface area contributed by atoms with Gasteiger partial charge in [-0.2, -0.15) is 24.4 Å². The number of nitrogens with zero attached hydrogens (tertiary/aromatic N) is 1. The van der Waals surface area contributed by atoms with E-state index < -0.39 is 0 Å². The Balaban J connectivity index is 2.02. The van der Waals surface area contributed by atoms with Gasteiger partial charge in [0.15, 0.2) is 0 Å². The summed E-state index contributed by atoms with van der Waals surface area (Å²) in [6, 6.07) is 11.5. The molecular formula is C15H23NS2. The second-order valence-electron chi connectivity index (χ2n) is 5.10. The summed E-state index contributed by atoms with van der Waals surface area (Å²) in [6.45, 7) is 7.06. The van der Waals surface area contributed by atoms with Gasteiger partial charge in [0.05, 0.1) is 0 Å². The van der Waals surface area contributed by atoms with Crippen molar-refractivity contribution < 1.29 is 0 Å². The van der Waals surface area contributed by atoms with Gasteiger partial charge in [0, 0.05) is 36.1 Å². The van der Waals surface area contributed by atoms with Gasteiger partial charge < -0.3 is 0 Å². The van der Waals surface area contributed by atoms with E-state index in [9.17, 15) is 0 Å². The smallest absolute Gasteiger partial charge is 0.0184 e. The second kappa shape index (κ2) is 6.88. The first-order valence-corrected chi connectivity index (χ1v) is 8.42. The fourth-order valence-electron chi connectivity index (χ4n) is 2.53. The summed E-state index contributed by atoms with van der Waals surface area (Å²) < 4.78 is 0. The number of rotatable bonds is 4. The molecule has 2 rings (SSSR count). The van der Waals surface area contributed by atoms with Crippen molar-refractivity contribution in [1.29, 1.82) is 0 Å². The summed E-state index contributed by atoms with van der Waals surface area (Å²) in [5, 5.41) is 0.745. The summed E-state index contributed by atoms with van der Waals surface area (Å²) in [7, 11) is 0. The van der Waals surface area contributed by atoms with Gasteiger partial charge in [0.25, 0.3) is 0 Å². The highest BCUT2D eigenvalue weighted by atomic mass is 32.2. The monoisotopic (exact) mass is 281 g/mol. The average Bonchev–Trinajstić information content (AvgIpc) is 2.41. The second-order valence-corrected chi connectivity index (χ2v) is 6.95. The Bertz CT molecular complexity index is 355. The third kappa shape index (κ3) is 3.46. The zero-order chi connectivity index (χ0) is 13.0. The minimum absolute atomic E-state index is 0.548. The molecule has 1 aliphatic heterocycles. The quantitative estimate of drug-likeness (QED) is 0.841. The van der Waals surface area contributed by atoms with Crippen molar-refractivity contribution in [1.82, 2.24) is 4.90 Å². The van der Waals surface area contributed by atoms with Crippen LogP contribution in [0.2, 0.25) is 0 Å². The van der Waals surface area contributed by atoms with Gasteiger partial charge >= 0.3 is 0 Å². The zero-order valence-corrected chi connectivity index (χ0v) is 13.0. The molecule has 1 aromatic carbocycles. The van der Waals surface area contributed by atoms with Crippen LogP contribution in [0.15, 0.2) is 30.3 Å². The highest BCUT2D eigenvalue weighted by Gasteiger charge is 2.27. The van der Waals surface area contributed by atoms with Crippen molar-refractivity contribution in [2.24, 2.45) is 0 Å². The Morgan fingerprint density at radius 1 is 1.33 bits per heavy atom. The van der Waals surface area contributed by atoms with Crippen LogP contribution in [0.5, 0.6) is 0 Å². The maximum Gasteiger partial charge on any atom is 0.0184 e. The standard InChI is InChI=1S/C15H23NS2/c1-12-13(2)18-9-8-16(12)10-15(11-17)14-6-4-3-5-7-14/h3-7,12-13,15,17H,8-11H2,1-2H3. The van der Waals surface area contributed by atoms with E-state index in [1.54, 1.807) is 0 Å². The summed E-state index contributed by atoms with van der Waals surface area (Å²) in [6.07, 6.45) is 0. The number of hydrogen-bond acceptors (Lipinski definition) is 3. The Morgan fingerprint density at radius 3 is 2.72 bits per heavy atom. The first-order chi connectivity index (χ1) is 8.72. The predicted molar refractivity (Wildman–Crippen MR) is 86.0 cm³/mol. The molecule has 0 aromatic heterocycles. The molecule has 1 heterocycles. The molecule has 0 N–H and O–H groups in total. The molecule has 1 aromatic rings. The van der Waals surface area contributed by atoms with E-state index in [2.05, 4.69) is 73.5 Å². The molecular weight excluding hydrogens is 258 g/mol. The van der Waals surface area contributed by atoms with Crippen LogP contribution in [0, 0.1) is 0 Å². The highest BCUT2D eigenvalue weighted by Crippen LogP contribution is 2.27. The number of benzene rings is 1. The fourth-order valence-corrected chi connectivity index (χ4v) is 4.02. The molecule has 1 aliphatic rings. The van der Waals surface area contributed by atoms with Crippen LogP contribution in [-0.2, 0) is 0 Å². The van der Waals surface area contributed by atoms with Crippen LogP contribution in [0.4, 0.5) is 0 Å². The Kier molecular flexibility index (Phi) is 5.46. The van der Waals surface area contributed by atoms with Gasteiger partial charge in [-0.05, 0) is 18.2 Å². The van der Waals surface area contributed by atoms with Crippen LogP contribution < -0.4 is 0 Å². The molecule has 0 spiro atoms. The molecule has 3 heteroatoms. The lowest BCUT2D eigenvalue weighted by Gasteiger charge is -2.39. The van der Waals surface area contributed by atoms with E-state index in [1.807, 2.05) is 0 Å². The van der Waals surface area contributed by atoms with Gasteiger partial charge in [0.1, 0.15) is 0 Å². The lowest BCUT2D eigenvalue weighted by atomic mass is 9.99. The van der Waals surface area contributed by atoms with Crippen LogP contribution in [0.3, 0.4) is 0 Å². The molecule has 18 heavy (non-hydrogen) atoms. The predicted octanol–water partition coefficient (Wildman–Crippen LogP) is 3.53. The van der Waals surface area contributed by atoms with Crippen molar-refractivity contribution in [3.05, 3.63) is 35.9 Å². The van der Waals surface area contributed by atoms with Crippen molar-refractivity contribution in [2.75, 3.05) is 24.6 Å². The average molecular weight is 281 g/mol. The lowest BCUT2D eigenvalue weighted by molar-refractivity contribution is 0.204. The molecule has 100 valence electrons. The molecule has 1 saturated heterocycles. The molecule has 1 fully saturated rings. The first-order valence-electron chi connectivity index (χ1n) is 6.74. The fraction of sp³-hybridized carbons (Fsp3) is 0.600. The zero-order valence-electron chi connectivity index (χ0n) is 11.2. The third-order valence-corrected chi connectivity index (χ3v) is 5.74. The maximum atomic E-state index is 4.55. The minimum atomic E-state index is 0.548. The SMILES string of the molecule is CC1SCCN(CC(CS)c2ccccc2)C1C. The van der Waals surface area contributed by atoms with Crippen molar-refractivity contribution in [2.45, 2.75) is 31.1 Å². The van der Waals surface area contributed by atoms with E-state index >= 15 is 0 Å². The molecule has 0 amide bonds. The van der Waals surface area contributed by atoms with Crippen molar-refractivity contribution in [3.63, 3.8) is 0 Å². The Hall–Kier alpha value is -0.120. The van der Waals surface area contributed by atoms with Crippen molar-refractivity contribution in [3.8, 4) is 0 Å². The largest absolute Gasteiger partial charge is 0.298 e. The van der Waals surface area contributed by atoms with Crippen molar-refractivity contribution >= 4 is 24.4 Å². The molecule has 0 aliphatic carbocycles. The van der Waals surface area contributed by atoms with E-state index in [0.29, 0.717) is 12.0 Å². The number of thiol groups is 1. The van der Waals surface area contributed by atoms with Crippen LogP contribution in [0.1, 0.15) is 25.3 Å². The lowest BCUT2D eigenvalue weighted by Crippen LogP contribution is -2.46. The summed E-state index contributed by atoms with van der Waals surface area (Å²) >= 11 is 6.65. The minimum Gasteiger partial charge on any atom is -0.298 e. The van der Waals surface area contributed by atoms with Gasteiger partial charge in [0.2, 0.25) is 0 Å². The van der Waals surface area contributed by atoms with Crippen LogP contribution in [0.25, 0.3) is 0 Å². The van der Waals surface area contributed by atoms with E-state index in [4.69, 9.17) is 0 Å². The van der Waals surface area contributed by atoms with Crippen LogP contribution >= 0.6 is 24.4 Å². The Morgan fingerprint density at radius 2 is 2.06 bits per heavy atom. The molecule has 0 saturated carbocycles. The van der Waals surface area contributed by atoms with Gasteiger partial charge in [-0.15, -0.1) is 0 Å². The van der Waals surface area contributed by atoms with E-state index in [-0.39, 0.29) is 0 Å². The van der Waals surface area contributed by atoms with Gasteiger partial charge in [-0.25, -0.2) is 0 Å². The van der Waals surface area contributed by atoms with Gasteiger partial charge in [-0.1, -0.05) is 37.3 Å². The topological polar surface area (TPSA) is 3.24 Å². The van der Waals surface area contributed by atoms with E-state index in [0.717, 1.165) is 17.5 Å². The molecule has 3 unspecified atom stereocenters. The summed E-state index contributed by atoms with van der Waals surface area (Å²) in [4.78, 5) is 2.63. The number of hydrogen-bond donors (Lipinski definition) is 1. The molecule has 3 atom stereocenters. The third-order valence-electron chi connectivity index (χ3n) is 3.96. The molecule has 0 radical (unpaired) electrons. The Labute approximate surface area is 121 Å². The first kappa shape index (κ1) is 14.3. The highest BCUT2D eigenvalue weighted by molar-refractivity contribution is 8.00. The molecule has 1 nitrogen and oxygen atoms in total. The molecule has 0 bridgehead atoms. The van der Waals surface area contributed by atoms with Crippen LogP contribution in [-0.4, -0.2) is 40.8 Å². The summed E-state index contributed by atoms with van der Waals surface area (Å²) in [5.74, 6) is 2.74.